The van der Waals surface area contributed by atoms with Crippen molar-refractivity contribution >= 4 is 18.4 Å². The lowest BCUT2D eigenvalue weighted by molar-refractivity contribution is -0.143. The predicted molar refractivity (Wildman–Crippen MR) is 51.0 cm³/mol. The summed E-state index contributed by atoms with van der Waals surface area (Å²) in [6.45, 7) is 7.06. The molecule has 0 aromatic rings. The predicted octanol–water partition coefficient (Wildman–Crippen LogP) is 1.61. The summed E-state index contributed by atoms with van der Waals surface area (Å²) in [5.74, 6) is -0.333. The number of carbonyl (C=O) groups excluding carboxylic acids is 1. The van der Waals surface area contributed by atoms with E-state index in [-0.39, 0.29) is 18.4 Å². The summed E-state index contributed by atoms with van der Waals surface area (Å²) in [5, 5.41) is 0. The molecule has 0 aromatic heterocycles. The lowest BCUT2D eigenvalue weighted by Gasteiger charge is -2.08. The first-order chi connectivity index (χ1) is 4.95. The Kier molecular flexibility index (Phi) is 7.04. The van der Waals surface area contributed by atoms with Gasteiger partial charge in [-0.1, -0.05) is 5.57 Å². The number of hydrogen-bond acceptors (Lipinski definition) is 3. The molecule has 0 fully saturated rings. The highest BCUT2D eigenvalue weighted by molar-refractivity contribution is 5.88. The molecule has 0 amide bonds. The molecule has 0 aliphatic rings. The molecule has 4 heteroatoms. The van der Waals surface area contributed by atoms with Gasteiger partial charge in [0.15, 0.2) is 0 Å². The average Bonchev–Trinajstić information content (AvgIpc) is 1.84. The molecule has 0 rings (SSSR count). The molecule has 0 bridgehead atoms. The first-order valence-electron chi connectivity index (χ1n) is 3.55. The standard InChI is InChI=1S/C8H15NO2.ClH/c1-5(2)6(3)8(10)11-7(4)9;/h7H,9H2,1-4H3;1H. The van der Waals surface area contributed by atoms with Crippen molar-refractivity contribution in [2.45, 2.75) is 33.9 Å². The average molecular weight is 194 g/mol. The molecule has 0 spiro atoms. The van der Waals surface area contributed by atoms with E-state index >= 15 is 0 Å². The number of carbonyl (C=O) groups is 1. The highest BCUT2D eigenvalue weighted by atomic mass is 35.5. The van der Waals surface area contributed by atoms with Crippen molar-refractivity contribution in [3.63, 3.8) is 0 Å². The molecule has 1 unspecified atom stereocenters. The minimum Gasteiger partial charge on any atom is -0.444 e. The molecule has 2 N–H and O–H groups in total. The molecular formula is C8H16ClNO2. The molecule has 72 valence electrons. The number of esters is 1. The minimum absolute atomic E-state index is 0. The Labute approximate surface area is 79.4 Å². The molecule has 0 saturated carbocycles. The number of allylic oxidation sites excluding steroid dienone is 1. The van der Waals surface area contributed by atoms with Gasteiger partial charge in [0.2, 0.25) is 0 Å². The van der Waals surface area contributed by atoms with Crippen molar-refractivity contribution < 1.29 is 9.53 Å². The Bertz CT molecular complexity index is 183. The van der Waals surface area contributed by atoms with E-state index in [2.05, 4.69) is 0 Å². The molecule has 3 nitrogen and oxygen atoms in total. The first kappa shape index (κ1) is 14.0. The second kappa shape index (κ2) is 6.03. The fourth-order valence-electron chi connectivity index (χ4n) is 0.461. The van der Waals surface area contributed by atoms with Crippen LogP contribution in [0.25, 0.3) is 0 Å². The Morgan fingerprint density at radius 1 is 1.33 bits per heavy atom. The van der Waals surface area contributed by atoms with E-state index in [1.807, 2.05) is 13.8 Å². The summed E-state index contributed by atoms with van der Waals surface area (Å²) in [7, 11) is 0. The van der Waals surface area contributed by atoms with Crippen LogP contribution in [-0.2, 0) is 9.53 Å². The number of ether oxygens (including phenoxy) is 1. The molecule has 0 saturated heterocycles. The van der Waals surface area contributed by atoms with E-state index in [9.17, 15) is 4.79 Å². The topological polar surface area (TPSA) is 52.3 Å². The van der Waals surface area contributed by atoms with Gasteiger partial charge in [0.1, 0.15) is 6.23 Å². The summed E-state index contributed by atoms with van der Waals surface area (Å²) in [6.07, 6.45) is -0.531. The van der Waals surface area contributed by atoms with Crippen LogP contribution in [0.1, 0.15) is 27.7 Å². The third-order valence-corrected chi connectivity index (χ3v) is 1.35. The van der Waals surface area contributed by atoms with Gasteiger partial charge < -0.3 is 4.74 Å². The van der Waals surface area contributed by atoms with Crippen molar-refractivity contribution in [1.29, 1.82) is 0 Å². The fourth-order valence-corrected chi connectivity index (χ4v) is 0.461. The van der Waals surface area contributed by atoms with E-state index in [0.717, 1.165) is 5.57 Å². The van der Waals surface area contributed by atoms with Gasteiger partial charge in [-0.2, -0.15) is 0 Å². The largest absolute Gasteiger partial charge is 0.444 e. The highest BCUT2D eigenvalue weighted by Gasteiger charge is 2.08. The zero-order valence-electron chi connectivity index (χ0n) is 7.88. The van der Waals surface area contributed by atoms with Crippen molar-refractivity contribution in [3.8, 4) is 0 Å². The summed E-state index contributed by atoms with van der Waals surface area (Å²) in [6, 6.07) is 0. The second-order valence-electron chi connectivity index (χ2n) is 2.74. The van der Waals surface area contributed by atoms with Gasteiger partial charge in [0, 0.05) is 5.57 Å². The van der Waals surface area contributed by atoms with E-state index < -0.39 is 6.23 Å². The van der Waals surface area contributed by atoms with Crippen molar-refractivity contribution in [2.75, 3.05) is 0 Å². The van der Waals surface area contributed by atoms with Gasteiger partial charge >= 0.3 is 5.97 Å². The van der Waals surface area contributed by atoms with Gasteiger partial charge in [0.25, 0.3) is 0 Å². The van der Waals surface area contributed by atoms with E-state index in [0.29, 0.717) is 5.57 Å². The number of nitrogens with two attached hydrogens (primary N) is 1. The van der Waals surface area contributed by atoms with Crippen LogP contribution >= 0.6 is 12.4 Å². The maximum atomic E-state index is 11.0. The van der Waals surface area contributed by atoms with E-state index in [1.165, 1.54) is 0 Å². The maximum absolute atomic E-state index is 11.0. The minimum atomic E-state index is -0.531. The van der Waals surface area contributed by atoms with Crippen LogP contribution in [-0.4, -0.2) is 12.2 Å². The van der Waals surface area contributed by atoms with Crippen LogP contribution in [0.3, 0.4) is 0 Å². The molecule has 0 radical (unpaired) electrons. The van der Waals surface area contributed by atoms with Crippen molar-refractivity contribution in [1.82, 2.24) is 0 Å². The third kappa shape index (κ3) is 5.16. The first-order valence-corrected chi connectivity index (χ1v) is 3.55. The van der Waals surface area contributed by atoms with E-state index in [1.54, 1.807) is 13.8 Å². The lowest BCUT2D eigenvalue weighted by atomic mass is 10.2. The SMILES string of the molecule is CC(C)=C(C)C(=O)OC(C)N.Cl. The Morgan fingerprint density at radius 2 is 1.75 bits per heavy atom. The van der Waals surface area contributed by atoms with Crippen LogP contribution in [0.15, 0.2) is 11.1 Å². The maximum Gasteiger partial charge on any atom is 0.335 e. The van der Waals surface area contributed by atoms with Crippen LogP contribution in [0.5, 0.6) is 0 Å². The summed E-state index contributed by atoms with van der Waals surface area (Å²) in [5.41, 5.74) is 6.85. The Balaban J connectivity index is 0. The van der Waals surface area contributed by atoms with Crippen molar-refractivity contribution in [2.24, 2.45) is 5.73 Å². The second-order valence-corrected chi connectivity index (χ2v) is 2.74. The number of rotatable bonds is 2. The zero-order valence-corrected chi connectivity index (χ0v) is 8.70. The molecule has 0 aliphatic carbocycles. The Morgan fingerprint density at radius 3 is 2.00 bits per heavy atom. The summed E-state index contributed by atoms with van der Waals surface area (Å²) in [4.78, 5) is 11.0. The molecule has 0 aliphatic heterocycles. The highest BCUT2D eigenvalue weighted by Crippen LogP contribution is 2.04. The molecule has 1 atom stereocenters. The monoisotopic (exact) mass is 193 g/mol. The van der Waals surface area contributed by atoms with Crippen LogP contribution in [0, 0.1) is 0 Å². The van der Waals surface area contributed by atoms with Gasteiger partial charge in [0.05, 0.1) is 0 Å². The molecular weight excluding hydrogens is 178 g/mol. The van der Waals surface area contributed by atoms with Crippen LogP contribution in [0.4, 0.5) is 0 Å². The molecule has 0 heterocycles. The Hall–Kier alpha value is -0.540. The smallest absolute Gasteiger partial charge is 0.335 e. The normalized spacial score (nSPS) is 11.1. The van der Waals surface area contributed by atoms with Gasteiger partial charge in [-0.3, -0.25) is 5.73 Å². The third-order valence-electron chi connectivity index (χ3n) is 1.35. The zero-order chi connectivity index (χ0) is 9.02. The number of hydrogen-bond donors (Lipinski definition) is 1. The lowest BCUT2D eigenvalue weighted by Crippen LogP contribution is -2.23. The molecule has 12 heavy (non-hydrogen) atoms. The van der Waals surface area contributed by atoms with Gasteiger partial charge in [-0.25, -0.2) is 4.79 Å². The van der Waals surface area contributed by atoms with Gasteiger partial charge in [-0.05, 0) is 27.7 Å². The van der Waals surface area contributed by atoms with Crippen molar-refractivity contribution in [3.05, 3.63) is 11.1 Å². The van der Waals surface area contributed by atoms with Crippen LogP contribution < -0.4 is 5.73 Å². The quantitative estimate of drug-likeness (QED) is 0.412. The summed E-state index contributed by atoms with van der Waals surface area (Å²) < 4.78 is 4.75. The fraction of sp³-hybridized carbons (Fsp3) is 0.625. The summed E-state index contributed by atoms with van der Waals surface area (Å²) >= 11 is 0. The van der Waals surface area contributed by atoms with Gasteiger partial charge in [-0.15, -0.1) is 12.4 Å². The van der Waals surface area contributed by atoms with E-state index in [4.69, 9.17) is 10.5 Å². The van der Waals surface area contributed by atoms with Crippen LogP contribution in [0.2, 0.25) is 0 Å². The molecule has 0 aromatic carbocycles. The number of halogens is 1.